The average molecular weight is 523 g/mol. The summed E-state index contributed by atoms with van der Waals surface area (Å²) in [6, 6.07) is 13.8. The quantitative estimate of drug-likeness (QED) is 0.504. The first-order valence-corrected chi connectivity index (χ1v) is 14.7. The Hall–Kier alpha value is -3.28. The summed E-state index contributed by atoms with van der Waals surface area (Å²) in [5.41, 5.74) is 2.41. The number of nitrogens with zero attached hydrogens (tertiary/aromatic N) is 7. The van der Waals surface area contributed by atoms with Crippen molar-refractivity contribution in [2.45, 2.75) is 12.3 Å². The number of hydrogen-bond donors (Lipinski definition) is 2. The van der Waals surface area contributed by atoms with Crippen molar-refractivity contribution < 1.29 is 9.32 Å². The molecular formula is C26H34N8O2S. The molecule has 4 heterocycles. The van der Waals surface area contributed by atoms with Crippen LogP contribution in [0.2, 0.25) is 0 Å². The molecular weight excluding hydrogens is 488 g/mol. The minimum Gasteiger partial charge on any atom is -0.395 e. The molecule has 0 aliphatic carbocycles. The summed E-state index contributed by atoms with van der Waals surface area (Å²) in [4.78, 5) is 20.7. The molecule has 2 aromatic heterocycles. The maximum Gasteiger partial charge on any atom is 0.229 e. The third-order valence-corrected chi connectivity index (χ3v) is 7.46. The molecule has 0 bridgehead atoms. The van der Waals surface area contributed by atoms with Gasteiger partial charge in [0.1, 0.15) is 11.6 Å². The number of fused-ring (bicyclic) bond motifs is 1. The predicted molar refractivity (Wildman–Crippen MR) is 149 cm³/mol. The SMILES string of the molecule is CN1CCN(c2ccc(Nc3ncc4c(n3)N(c3cccc(N=S(C)(C)=O)n3)C[C@@]4(C)CO)cc2)CC1. The number of hydrogen-bond acceptors (Lipinski definition) is 10. The molecule has 0 radical (unpaired) electrons. The molecule has 37 heavy (non-hydrogen) atoms. The molecule has 1 saturated heterocycles. The largest absolute Gasteiger partial charge is 0.395 e. The van der Waals surface area contributed by atoms with Crippen LogP contribution in [0.15, 0.2) is 53.0 Å². The second-order valence-electron chi connectivity index (χ2n) is 10.3. The lowest BCUT2D eigenvalue weighted by Crippen LogP contribution is -2.44. The van der Waals surface area contributed by atoms with Crippen molar-refractivity contribution in [3.05, 3.63) is 54.2 Å². The Labute approximate surface area is 218 Å². The number of pyridine rings is 1. The van der Waals surface area contributed by atoms with E-state index in [-0.39, 0.29) is 6.61 Å². The molecule has 2 aliphatic heterocycles. The molecule has 1 fully saturated rings. The van der Waals surface area contributed by atoms with Gasteiger partial charge in [-0.3, -0.25) is 0 Å². The lowest BCUT2D eigenvalue weighted by Gasteiger charge is -2.34. The number of nitrogens with one attached hydrogen (secondary N) is 1. The minimum atomic E-state index is -2.35. The summed E-state index contributed by atoms with van der Waals surface area (Å²) in [6.45, 7) is 6.59. The Morgan fingerprint density at radius 1 is 1.08 bits per heavy atom. The van der Waals surface area contributed by atoms with E-state index < -0.39 is 15.1 Å². The maximum absolute atomic E-state index is 12.2. The lowest BCUT2D eigenvalue weighted by atomic mass is 9.87. The van der Waals surface area contributed by atoms with E-state index in [2.05, 4.69) is 48.6 Å². The van der Waals surface area contributed by atoms with Crippen LogP contribution in [0.25, 0.3) is 0 Å². The van der Waals surface area contributed by atoms with Crippen molar-refractivity contribution in [2.24, 2.45) is 4.36 Å². The Bertz CT molecular complexity index is 1390. The molecule has 3 aromatic rings. The molecule has 0 amide bonds. The standard InChI is InChI=1S/C26H34N8O2S/c1-26(18-35)17-34(23-7-5-6-22(29-23)31-37(3,4)36)24-21(26)16-27-25(30-24)28-19-8-10-20(11-9-19)33-14-12-32(2)13-15-33/h5-11,16,35H,12-15,17-18H2,1-4H3,(H,27,28,30)/t26-/m0/s1. The summed E-state index contributed by atoms with van der Waals surface area (Å²) in [5.74, 6) is 2.18. The fourth-order valence-electron chi connectivity index (χ4n) is 4.69. The highest BCUT2D eigenvalue weighted by Gasteiger charge is 2.41. The van der Waals surface area contributed by atoms with Gasteiger partial charge in [0.15, 0.2) is 5.82 Å². The zero-order chi connectivity index (χ0) is 26.2. The molecule has 10 nitrogen and oxygen atoms in total. The molecule has 2 N–H and O–H groups in total. The van der Waals surface area contributed by atoms with Gasteiger partial charge in [-0.2, -0.15) is 9.35 Å². The number of anilines is 5. The van der Waals surface area contributed by atoms with Gasteiger partial charge in [0.25, 0.3) is 0 Å². The van der Waals surface area contributed by atoms with Crippen LogP contribution in [0.1, 0.15) is 12.5 Å². The van der Waals surface area contributed by atoms with Crippen molar-refractivity contribution in [1.29, 1.82) is 0 Å². The van der Waals surface area contributed by atoms with Gasteiger partial charge in [-0.05, 0) is 43.4 Å². The van der Waals surface area contributed by atoms with Crippen LogP contribution < -0.4 is 15.1 Å². The number of benzene rings is 1. The molecule has 11 heteroatoms. The van der Waals surface area contributed by atoms with Crippen molar-refractivity contribution in [2.75, 3.05) is 74.0 Å². The van der Waals surface area contributed by atoms with E-state index in [1.165, 1.54) is 5.69 Å². The van der Waals surface area contributed by atoms with Gasteiger partial charge in [0.2, 0.25) is 5.95 Å². The molecule has 1 aromatic carbocycles. The van der Waals surface area contributed by atoms with Gasteiger partial charge >= 0.3 is 0 Å². The van der Waals surface area contributed by atoms with Gasteiger partial charge < -0.3 is 25.1 Å². The number of piperazine rings is 1. The third kappa shape index (κ3) is 5.53. The highest BCUT2D eigenvalue weighted by molar-refractivity contribution is 7.92. The van der Waals surface area contributed by atoms with Crippen LogP contribution in [-0.4, -0.2) is 88.1 Å². The fourth-order valence-corrected chi connectivity index (χ4v) is 5.24. The Morgan fingerprint density at radius 3 is 2.49 bits per heavy atom. The van der Waals surface area contributed by atoms with Crippen LogP contribution >= 0.6 is 0 Å². The minimum absolute atomic E-state index is 0.0534. The van der Waals surface area contributed by atoms with Crippen LogP contribution in [0, 0.1) is 0 Å². The molecule has 0 unspecified atom stereocenters. The average Bonchev–Trinajstić information content (AvgIpc) is 3.17. The van der Waals surface area contributed by atoms with E-state index in [9.17, 15) is 9.32 Å². The second kappa shape index (κ2) is 9.88. The van der Waals surface area contributed by atoms with Crippen LogP contribution in [0.3, 0.4) is 0 Å². The number of aromatic nitrogens is 3. The van der Waals surface area contributed by atoms with Crippen molar-refractivity contribution in [1.82, 2.24) is 19.9 Å². The first-order chi connectivity index (χ1) is 17.6. The topological polar surface area (TPSA) is 110 Å². The third-order valence-electron chi connectivity index (χ3n) is 6.83. The summed E-state index contributed by atoms with van der Waals surface area (Å²) in [6.07, 6.45) is 4.94. The second-order valence-corrected chi connectivity index (χ2v) is 12.9. The van der Waals surface area contributed by atoms with Crippen LogP contribution in [0.5, 0.6) is 0 Å². The molecule has 0 spiro atoms. The van der Waals surface area contributed by atoms with Crippen LogP contribution in [0.4, 0.5) is 34.8 Å². The number of rotatable bonds is 6. The van der Waals surface area contributed by atoms with E-state index in [1.54, 1.807) is 24.8 Å². The number of likely N-dealkylation sites (N-methyl/N-ethyl adjacent to an activating group) is 1. The van der Waals surface area contributed by atoms with Gasteiger partial charge in [0, 0.05) is 83.5 Å². The van der Waals surface area contributed by atoms with Gasteiger partial charge in [-0.15, -0.1) is 0 Å². The molecule has 2 aliphatic rings. The summed E-state index contributed by atoms with van der Waals surface area (Å²) in [7, 11) is -0.192. The summed E-state index contributed by atoms with van der Waals surface area (Å²) in [5, 5.41) is 13.5. The highest BCUT2D eigenvalue weighted by Crippen LogP contribution is 2.43. The number of aliphatic hydroxyl groups excluding tert-OH is 1. The molecule has 0 saturated carbocycles. The van der Waals surface area contributed by atoms with E-state index >= 15 is 0 Å². The van der Waals surface area contributed by atoms with Crippen molar-refractivity contribution >= 4 is 44.5 Å². The van der Waals surface area contributed by atoms with Crippen molar-refractivity contribution in [3.63, 3.8) is 0 Å². The van der Waals surface area contributed by atoms with Gasteiger partial charge in [0.05, 0.1) is 6.61 Å². The Balaban J connectivity index is 1.41. The fraction of sp³-hybridized carbons (Fsp3) is 0.423. The maximum atomic E-state index is 12.2. The van der Waals surface area contributed by atoms with Crippen molar-refractivity contribution in [3.8, 4) is 0 Å². The summed E-state index contributed by atoms with van der Waals surface area (Å²) >= 11 is 0. The van der Waals surface area contributed by atoms with Gasteiger partial charge in [-0.1, -0.05) is 13.0 Å². The zero-order valence-electron chi connectivity index (χ0n) is 21.8. The predicted octanol–water partition coefficient (Wildman–Crippen LogP) is 3.13. The van der Waals surface area contributed by atoms with E-state index in [1.807, 2.05) is 36.1 Å². The van der Waals surface area contributed by atoms with Crippen LogP contribution in [-0.2, 0) is 15.1 Å². The molecule has 196 valence electrons. The Morgan fingerprint density at radius 2 is 1.81 bits per heavy atom. The van der Waals surface area contributed by atoms with Gasteiger partial charge in [-0.25, -0.2) is 14.2 Å². The van der Waals surface area contributed by atoms with E-state index in [0.29, 0.717) is 29.9 Å². The zero-order valence-corrected chi connectivity index (χ0v) is 22.6. The monoisotopic (exact) mass is 522 g/mol. The Kier molecular flexibility index (Phi) is 6.78. The number of aliphatic hydroxyl groups is 1. The first kappa shape index (κ1) is 25.4. The summed E-state index contributed by atoms with van der Waals surface area (Å²) < 4.78 is 16.4. The molecule has 5 rings (SSSR count). The smallest absolute Gasteiger partial charge is 0.229 e. The van der Waals surface area contributed by atoms with E-state index in [4.69, 9.17) is 4.98 Å². The normalized spacial score (nSPS) is 20.1. The van der Waals surface area contributed by atoms with E-state index in [0.717, 1.165) is 37.4 Å². The highest BCUT2D eigenvalue weighted by atomic mass is 32.2. The molecule has 1 atom stereocenters. The first-order valence-electron chi connectivity index (χ1n) is 12.3. The lowest BCUT2D eigenvalue weighted by molar-refractivity contribution is 0.216.